The second kappa shape index (κ2) is 5.39. The van der Waals surface area contributed by atoms with Gasteiger partial charge in [0.1, 0.15) is 6.10 Å². The molecule has 1 aliphatic heterocycles. The van der Waals surface area contributed by atoms with Crippen LogP contribution in [0.2, 0.25) is 0 Å². The van der Waals surface area contributed by atoms with Crippen molar-refractivity contribution in [1.82, 2.24) is 10.2 Å². The van der Waals surface area contributed by atoms with Crippen molar-refractivity contribution in [3.8, 4) is 0 Å². The van der Waals surface area contributed by atoms with E-state index in [1.54, 1.807) is 25.2 Å². The van der Waals surface area contributed by atoms with Crippen LogP contribution < -0.4 is 5.32 Å². The van der Waals surface area contributed by atoms with Crippen LogP contribution >= 0.6 is 15.9 Å². The minimum Gasteiger partial charge on any atom is -0.442 e. The Kier molecular flexibility index (Phi) is 3.86. The highest BCUT2D eigenvalue weighted by molar-refractivity contribution is 9.10. The van der Waals surface area contributed by atoms with E-state index in [9.17, 15) is 9.59 Å². The standard InChI is InChI=1S/C12H13BrN2O3/c1-15-7-10(18-12(15)17)6-14-11(16)8-3-2-4-9(13)5-8/h2-5,10H,6-7H2,1H3,(H,14,16). The van der Waals surface area contributed by atoms with Crippen molar-refractivity contribution >= 4 is 27.9 Å². The number of carbonyl (C=O) groups is 2. The number of halogens is 1. The molecule has 6 heteroatoms. The highest BCUT2D eigenvalue weighted by Gasteiger charge is 2.28. The summed E-state index contributed by atoms with van der Waals surface area (Å²) in [5.74, 6) is -0.179. The van der Waals surface area contributed by atoms with Crippen molar-refractivity contribution in [2.45, 2.75) is 6.10 Å². The van der Waals surface area contributed by atoms with Crippen LogP contribution in [0.1, 0.15) is 10.4 Å². The lowest BCUT2D eigenvalue weighted by Gasteiger charge is -2.09. The molecule has 0 bridgehead atoms. The predicted molar refractivity (Wildman–Crippen MR) is 69.4 cm³/mol. The molecule has 0 spiro atoms. The van der Waals surface area contributed by atoms with E-state index in [2.05, 4.69) is 21.2 Å². The first-order valence-electron chi connectivity index (χ1n) is 5.52. The van der Waals surface area contributed by atoms with E-state index < -0.39 is 0 Å². The molecule has 1 unspecified atom stereocenters. The molecule has 5 nitrogen and oxygen atoms in total. The summed E-state index contributed by atoms with van der Waals surface area (Å²) in [6.07, 6.45) is -0.629. The summed E-state index contributed by atoms with van der Waals surface area (Å²) in [6.45, 7) is 0.818. The van der Waals surface area contributed by atoms with Crippen molar-refractivity contribution in [1.29, 1.82) is 0 Å². The molecule has 0 aromatic heterocycles. The van der Waals surface area contributed by atoms with E-state index in [0.29, 0.717) is 18.7 Å². The second-order valence-corrected chi connectivity index (χ2v) is 5.02. The SMILES string of the molecule is CN1CC(CNC(=O)c2cccc(Br)c2)OC1=O. The van der Waals surface area contributed by atoms with Crippen LogP contribution in [-0.4, -0.2) is 43.1 Å². The van der Waals surface area contributed by atoms with Crippen LogP contribution in [0.5, 0.6) is 0 Å². The van der Waals surface area contributed by atoms with E-state index in [1.165, 1.54) is 4.90 Å². The number of nitrogens with one attached hydrogen (secondary N) is 1. The molecule has 1 heterocycles. The molecule has 18 heavy (non-hydrogen) atoms. The van der Waals surface area contributed by atoms with Crippen molar-refractivity contribution in [3.05, 3.63) is 34.3 Å². The fourth-order valence-electron chi connectivity index (χ4n) is 1.69. The third-order valence-corrected chi connectivity index (χ3v) is 3.13. The maximum atomic E-state index is 11.8. The van der Waals surface area contributed by atoms with Crippen molar-refractivity contribution in [2.75, 3.05) is 20.1 Å². The normalized spacial score (nSPS) is 18.7. The van der Waals surface area contributed by atoms with Gasteiger partial charge in [0.15, 0.2) is 0 Å². The third-order valence-electron chi connectivity index (χ3n) is 2.63. The van der Waals surface area contributed by atoms with E-state index in [0.717, 1.165) is 4.47 Å². The molecular weight excluding hydrogens is 300 g/mol. The topological polar surface area (TPSA) is 58.6 Å². The van der Waals surface area contributed by atoms with Gasteiger partial charge in [-0.2, -0.15) is 0 Å². The molecule has 96 valence electrons. The fraction of sp³-hybridized carbons (Fsp3) is 0.333. The Labute approximate surface area is 113 Å². The molecule has 0 radical (unpaired) electrons. The molecule has 1 aliphatic rings. The lowest BCUT2D eigenvalue weighted by Crippen LogP contribution is -2.34. The van der Waals surface area contributed by atoms with Crippen LogP contribution in [0.25, 0.3) is 0 Å². The number of carbonyl (C=O) groups excluding carboxylic acids is 2. The van der Waals surface area contributed by atoms with Gasteiger partial charge < -0.3 is 15.0 Å². The number of benzene rings is 1. The first-order valence-corrected chi connectivity index (χ1v) is 6.31. The number of nitrogens with zero attached hydrogens (tertiary/aromatic N) is 1. The summed E-state index contributed by atoms with van der Waals surface area (Å²) in [7, 11) is 1.67. The van der Waals surface area contributed by atoms with E-state index in [4.69, 9.17) is 4.74 Å². The Balaban J connectivity index is 1.87. The van der Waals surface area contributed by atoms with Crippen molar-refractivity contribution in [2.24, 2.45) is 0 Å². The summed E-state index contributed by atoms with van der Waals surface area (Å²) in [4.78, 5) is 24.4. The maximum absolute atomic E-state index is 11.8. The number of ether oxygens (including phenoxy) is 1. The first-order chi connectivity index (χ1) is 8.56. The van der Waals surface area contributed by atoms with Gasteiger partial charge in [0.2, 0.25) is 0 Å². The van der Waals surface area contributed by atoms with Gasteiger partial charge in [-0.15, -0.1) is 0 Å². The van der Waals surface area contributed by atoms with Gasteiger partial charge in [-0.1, -0.05) is 22.0 Å². The van der Waals surface area contributed by atoms with Gasteiger partial charge in [-0.05, 0) is 18.2 Å². The maximum Gasteiger partial charge on any atom is 0.410 e. The van der Waals surface area contributed by atoms with Gasteiger partial charge in [0, 0.05) is 17.1 Å². The lowest BCUT2D eigenvalue weighted by molar-refractivity contribution is 0.0915. The molecule has 2 amide bonds. The largest absolute Gasteiger partial charge is 0.442 e. The first kappa shape index (κ1) is 12.9. The fourth-order valence-corrected chi connectivity index (χ4v) is 2.09. The highest BCUT2D eigenvalue weighted by atomic mass is 79.9. The number of amides is 2. The predicted octanol–water partition coefficient (Wildman–Crippen LogP) is 1.63. The van der Waals surface area contributed by atoms with Gasteiger partial charge in [0.25, 0.3) is 5.91 Å². The van der Waals surface area contributed by atoms with Crippen LogP contribution in [0, 0.1) is 0 Å². The summed E-state index contributed by atoms with van der Waals surface area (Å²) in [5, 5.41) is 2.75. The average Bonchev–Trinajstić information content (AvgIpc) is 2.66. The zero-order valence-corrected chi connectivity index (χ0v) is 11.4. The zero-order chi connectivity index (χ0) is 13.1. The molecule has 2 rings (SSSR count). The number of likely N-dealkylation sites (N-methyl/N-ethyl adjacent to an activating group) is 1. The van der Waals surface area contributed by atoms with Gasteiger partial charge >= 0.3 is 6.09 Å². The minimum atomic E-state index is -0.350. The van der Waals surface area contributed by atoms with Gasteiger partial charge in [-0.25, -0.2) is 4.79 Å². The Hall–Kier alpha value is -1.56. The summed E-state index contributed by atoms with van der Waals surface area (Å²) >= 11 is 3.31. The Bertz CT molecular complexity index is 478. The second-order valence-electron chi connectivity index (χ2n) is 4.11. The van der Waals surface area contributed by atoms with E-state index in [1.807, 2.05) is 6.07 Å². The molecule has 0 saturated carbocycles. The molecule has 1 aromatic rings. The van der Waals surface area contributed by atoms with Crippen molar-refractivity contribution < 1.29 is 14.3 Å². The molecule has 1 atom stereocenters. The van der Waals surface area contributed by atoms with Gasteiger partial charge in [-0.3, -0.25) is 4.79 Å². The Morgan fingerprint density at radius 1 is 1.61 bits per heavy atom. The van der Waals surface area contributed by atoms with Crippen LogP contribution in [0.4, 0.5) is 4.79 Å². The third kappa shape index (κ3) is 3.01. The minimum absolute atomic E-state index is 0.179. The molecular formula is C12H13BrN2O3. The van der Waals surface area contributed by atoms with Crippen LogP contribution in [-0.2, 0) is 4.74 Å². The molecule has 1 fully saturated rings. The molecule has 0 aliphatic carbocycles. The Morgan fingerprint density at radius 3 is 3.00 bits per heavy atom. The number of cyclic esters (lactones) is 1. The van der Waals surface area contributed by atoms with Crippen molar-refractivity contribution in [3.63, 3.8) is 0 Å². The monoisotopic (exact) mass is 312 g/mol. The highest BCUT2D eigenvalue weighted by Crippen LogP contribution is 2.12. The summed E-state index contributed by atoms with van der Waals surface area (Å²) in [5.41, 5.74) is 0.571. The van der Waals surface area contributed by atoms with Crippen LogP contribution in [0.15, 0.2) is 28.7 Å². The Morgan fingerprint density at radius 2 is 2.39 bits per heavy atom. The van der Waals surface area contributed by atoms with Crippen LogP contribution in [0.3, 0.4) is 0 Å². The number of rotatable bonds is 3. The quantitative estimate of drug-likeness (QED) is 0.923. The number of hydrogen-bond donors (Lipinski definition) is 1. The zero-order valence-electron chi connectivity index (χ0n) is 9.85. The average molecular weight is 313 g/mol. The van der Waals surface area contributed by atoms with Gasteiger partial charge in [0.05, 0.1) is 13.1 Å². The number of hydrogen-bond acceptors (Lipinski definition) is 3. The lowest BCUT2D eigenvalue weighted by atomic mass is 10.2. The summed E-state index contributed by atoms with van der Waals surface area (Å²) < 4.78 is 5.90. The van der Waals surface area contributed by atoms with E-state index in [-0.39, 0.29) is 18.1 Å². The smallest absolute Gasteiger partial charge is 0.410 e. The molecule has 1 N–H and O–H groups in total. The molecule has 1 saturated heterocycles. The molecule has 1 aromatic carbocycles. The van der Waals surface area contributed by atoms with E-state index >= 15 is 0 Å². The summed E-state index contributed by atoms with van der Waals surface area (Å²) in [6, 6.07) is 7.11.